The molecule has 0 spiro atoms. The van der Waals surface area contributed by atoms with E-state index in [0.717, 1.165) is 6.42 Å². The Morgan fingerprint density at radius 3 is 2.72 bits per heavy atom. The third-order valence-electron chi connectivity index (χ3n) is 2.49. The summed E-state index contributed by atoms with van der Waals surface area (Å²) in [5.74, 6) is -0.297. The normalized spacial score (nSPS) is 10.7. The van der Waals surface area contributed by atoms with Crippen molar-refractivity contribution in [1.82, 2.24) is 5.32 Å². The van der Waals surface area contributed by atoms with Gasteiger partial charge in [-0.15, -0.1) is 0 Å². The third-order valence-corrected chi connectivity index (χ3v) is 2.49. The molecule has 1 amide bonds. The first-order valence-corrected chi connectivity index (χ1v) is 6.21. The highest BCUT2D eigenvalue weighted by atomic mass is 19.1. The van der Waals surface area contributed by atoms with E-state index in [1.165, 1.54) is 12.1 Å². The van der Waals surface area contributed by atoms with Crippen molar-refractivity contribution >= 4 is 5.91 Å². The average Bonchev–Trinajstić information content (AvgIpc) is 2.33. The van der Waals surface area contributed by atoms with E-state index in [9.17, 15) is 9.18 Å². The van der Waals surface area contributed by atoms with Crippen LogP contribution in [-0.2, 0) is 4.74 Å². The van der Waals surface area contributed by atoms with Gasteiger partial charge in [-0.3, -0.25) is 4.79 Å². The van der Waals surface area contributed by atoms with E-state index in [1.54, 1.807) is 12.1 Å². The number of ether oxygens (including phenoxy) is 1. The van der Waals surface area contributed by atoms with Crippen LogP contribution in [0.15, 0.2) is 24.3 Å². The van der Waals surface area contributed by atoms with Gasteiger partial charge in [0.2, 0.25) is 0 Å². The fourth-order valence-corrected chi connectivity index (χ4v) is 1.40. The van der Waals surface area contributed by atoms with Crippen LogP contribution in [0.2, 0.25) is 0 Å². The van der Waals surface area contributed by atoms with E-state index in [2.05, 4.69) is 19.2 Å². The minimum atomic E-state index is -0.504. The second kappa shape index (κ2) is 7.82. The number of benzene rings is 1. The quantitative estimate of drug-likeness (QED) is 0.759. The first-order valence-electron chi connectivity index (χ1n) is 6.21. The lowest BCUT2D eigenvalue weighted by Crippen LogP contribution is -2.28. The molecule has 1 N–H and O–H groups in total. The molecule has 0 aliphatic carbocycles. The molecule has 18 heavy (non-hydrogen) atoms. The molecule has 0 bridgehead atoms. The van der Waals surface area contributed by atoms with Crippen LogP contribution >= 0.6 is 0 Å². The van der Waals surface area contributed by atoms with Gasteiger partial charge in [-0.1, -0.05) is 26.0 Å². The van der Waals surface area contributed by atoms with Crippen LogP contribution in [0.5, 0.6) is 0 Å². The zero-order valence-corrected chi connectivity index (χ0v) is 10.9. The van der Waals surface area contributed by atoms with Crippen molar-refractivity contribution in [2.75, 3.05) is 19.8 Å². The second-order valence-corrected chi connectivity index (χ2v) is 4.53. The van der Waals surface area contributed by atoms with Crippen LogP contribution in [0.4, 0.5) is 4.39 Å². The summed E-state index contributed by atoms with van der Waals surface area (Å²) in [5, 5.41) is 2.62. The maximum Gasteiger partial charge on any atom is 0.254 e. The number of rotatable bonds is 7. The van der Waals surface area contributed by atoms with E-state index >= 15 is 0 Å². The Hall–Kier alpha value is -1.42. The molecular weight excluding hydrogens is 233 g/mol. The second-order valence-electron chi connectivity index (χ2n) is 4.53. The molecule has 1 aromatic rings. The predicted molar refractivity (Wildman–Crippen MR) is 69.0 cm³/mol. The van der Waals surface area contributed by atoms with Crippen molar-refractivity contribution in [3.8, 4) is 0 Å². The Morgan fingerprint density at radius 2 is 2.06 bits per heavy atom. The number of hydrogen-bond acceptors (Lipinski definition) is 2. The van der Waals surface area contributed by atoms with Crippen molar-refractivity contribution < 1.29 is 13.9 Å². The van der Waals surface area contributed by atoms with Crippen molar-refractivity contribution in [3.05, 3.63) is 35.6 Å². The maximum atomic E-state index is 13.3. The minimum absolute atomic E-state index is 0.0691. The summed E-state index contributed by atoms with van der Waals surface area (Å²) in [7, 11) is 0. The van der Waals surface area contributed by atoms with Crippen molar-refractivity contribution in [2.45, 2.75) is 20.3 Å². The first kappa shape index (κ1) is 14.6. The van der Waals surface area contributed by atoms with Gasteiger partial charge < -0.3 is 10.1 Å². The summed E-state index contributed by atoms with van der Waals surface area (Å²) < 4.78 is 18.6. The summed E-state index contributed by atoms with van der Waals surface area (Å²) in [5.41, 5.74) is 0.0691. The van der Waals surface area contributed by atoms with E-state index < -0.39 is 11.7 Å². The standard InChI is InChI=1S/C14H20FNO2/c1-11(2)7-9-18-10-8-16-14(17)12-5-3-4-6-13(12)15/h3-6,11H,7-10H2,1-2H3,(H,16,17). The van der Waals surface area contributed by atoms with Crippen LogP contribution in [0.25, 0.3) is 0 Å². The number of carbonyl (C=O) groups is 1. The van der Waals surface area contributed by atoms with Crippen molar-refractivity contribution in [2.24, 2.45) is 5.92 Å². The van der Waals surface area contributed by atoms with Crippen LogP contribution in [-0.4, -0.2) is 25.7 Å². The van der Waals surface area contributed by atoms with E-state index in [1.807, 2.05) is 0 Å². The third kappa shape index (κ3) is 5.27. The van der Waals surface area contributed by atoms with Gasteiger partial charge in [0.25, 0.3) is 5.91 Å². The molecule has 0 fully saturated rings. The zero-order valence-electron chi connectivity index (χ0n) is 10.9. The fourth-order valence-electron chi connectivity index (χ4n) is 1.40. The number of nitrogens with one attached hydrogen (secondary N) is 1. The summed E-state index contributed by atoms with van der Waals surface area (Å²) in [4.78, 5) is 11.6. The molecule has 0 aliphatic heterocycles. The molecule has 0 saturated carbocycles. The molecular formula is C14H20FNO2. The molecule has 0 heterocycles. The van der Waals surface area contributed by atoms with Crippen LogP contribution in [0, 0.1) is 11.7 Å². The molecule has 100 valence electrons. The number of hydrogen-bond donors (Lipinski definition) is 1. The highest BCUT2D eigenvalue weighted by molar-refractivity contribution is 5.94. The van der Waals surface area contributed by atoms with Crippen LogP contribution in [0.1, 0.15) is 30.6 Å². The Morgan fingerprint density at radius 1 is 1.33 bits per heavy atom. The topological polar surface area (TPSA) is 38.3 Å². The van der Waals surface area contributed by atoms with Crippen molar-refractivity contribution in [1.29, 1.82) is 0 Å². The summed E-state index contributed by atoms with van der Waals surface area (Å²) in [6.07, 6.45) is 1.00. The van der Waals surface area contributed by atoms with Crippen LogP contribution < -0.4 is 5.32 Å². The fraction of sp³-hybridized carbons (Fsp3) is 0.500. The lowest BCUT2D eigenvalue weighted by Gasteiger charge is -2.08. The number of carbonyl (C=O) groups excluding carboxylic acids is 1. The van der Waals surface area contributed by atoms with Gasteiger partial charge in [0, 0.05) is 13.2 Å². The molecule has 0 radical (unpaired) electrons. The van der Waals surface area contributed by atoms with E-state index in [0.29, 0.717) is 25.7 Å². The molecule has 0 atom stereocenters. The van der Waals surface area contributed by atoms with E-state index in [4.69, 9.17) is 4.74 Å². The van der Waals surface area contributed by atoms with E-state index in [-0.39, 0.29) is 5.56 Å². The highest BCUT2D eigenvalue weighted by Crippen LogP contribution is 2.05. The molecule has 0 saturated heterocycles. The summed E-state index contributed by atoms with van der Waals surface area (Å²) in [6.45, 7) is 5.79. The van der Waals surface area contributed by atoms with Crippen LogP contribution in [0.3, 0.4) is 0 Å². The Balaban J connectivity index is 2.20. The van der Waals surface area contributed by atoms with Gasteiger partial charge in [0.1, 0.15) is 5.82 Å². The van der Waals surface area contributed by atoms with Gasteiger partial charge in [-0.25, -0.2) is 4.39 Å². The average molecular weight is 253 g/mol. The summed E-state index contributed by atoms with van der Waals surface area (Å²) in [6, 6.07) is 5.93. The molecule has 0 aliphatic rings. The molecule has 1 aromatic carbocycles. The Labute approximate surface area is 107 Å². The molecule has 0 unspecified atom stereocenters. The molecule has 3 nitrogen and oxygen atoms in total. The SMILES string of the molecule is CC(C)CCOCCNC(=O)c1ccccc1F. The Kier molecular flexibility index (Phi) is 6.36. The predicted octanol–water partition coefficient (Wildman–Crippen LogP) is 2.62. The van der Waals surface area contributed by atoms with Gasteiger partial charge in [-0.2, -0.15) is 0 Å². The number of halogens is 1. The first-order chi connectivity index (χ1) is 8.61. The Bertz CT molecular complexity index is 380. The number of amides is 1. The van der Waals surface area contributed by atoms with Gasteiger partial charge >= 0.3 is 0 Å². The minimum Gasteiger partial charge on any atom is -0.380 e. The molecule has 4 heteroatoms. The highest BCUT2D eigenvalue weighted by Gasteiger charge is 2.09. The zero-order chi connectivity index (χ0) is 13.4. The lowest BCUT2D eigenvalue weighted by molar-refractivity contribution is 0.0902. The van der Waals surface area contributed by atoms with Gasteiger partial charge in [0.15, 0.2) is 0 Å². The van der Waals surface area contributed by atoms with Crippen molar-refractivity contribution in [3.63, 3.8) is 0 Å². The summed E-state index contributed by atoms with van der Waals surface area (Å²) >= 11 is 0. The van der Waals surface area contributed by atoms with Gasteiger partial charge in [0.05, 0.1) is 12.2 Å². The smallest absolute Gasteiger partial charge is 0.254 e. The largest absolute Gasteiger partial charge is 0.380 e. The maximum absolute atomic E-state index is 13.3. The molecule has 1 rings (SSSR count). The molecule has 0 aromatic heterocycles. The lowest BCUT2D eigenvalue weighted by atomic mass is 10.1. The van der Waals surface area contributed by atoms with Gasteiger partial charge in [-0.05, 0) is 24.5 Å². The monoisotopic (exact) mass is 253 g/mol.